The van der Waals surface area contributed by atoms with Gasteiger partial charge < -0.3 is 10.7 Å². The number of nitrogens with one attached hydrogen (secondary N) is 2. The van der Waals surface area contributed by atoms with Gasteiger partial charge in [-0.2, -0.15) is 11.8 Å². The number of nitrogen functional groups attached to an aromatic ring is 1. The first kappa shape index (κ1) is 13.0. The van der Waals surface area contributed by atoms with Gasteiger partial charge in [0.2, 0.25) is 0 Å². The summed E-state index contributed by atoms with van der Waals surface area (Å²) in [5, 5.41) is 2.79. The van der Waals surface area contributed by atoms with Crippen molar-refractivity contribution < 1.29 is 8.78 Å². The van der Waals surface area contributed by atoms with E-state index in [0.29, 0.717) is 6.54 Å². The average Bonchev–Trinajstić information content (AvgIpc) is 2.27. The average molecular weight is 248 g/mol. The van der Waals surface area contributed by atoms with Gasteiger partial charge in [0.1, 0.15) is 0 Å². The molecule has 90 valence electrons. The van der Waals surface area contributed by atoms with E-state index in [2.05, 4.69) is 15.7 Å². The van der Waals surface area contributed by atoms with Crippen molar-refractivity contribution in [2.75, 3.05) is 29.3 Å². The Morgan fingerprint density at radius 2 is 2.06 bits per heavy atom. The molecule has 0 aliphatic heterocycles. The third kappa shape index (κ3) is 3.49. The lowest BCUT2D eigenvalue weighted by molar-refractivity contribution is 0.578. The van der Waals surface area contributed by atoms with Crippen molar-refractivity contribution in [3.8, 4) is 0 Å². The van der Waals surface area contributed by atoms with Crippen LogP contribution in [0.2, 0.25) is 0 Å². The van der Waals surface area contributed by atoms with E-state index in [-0.39, 0.29) is 11.6 Å². The fraction of sp³-hybridized carbons (Fsp3) is 0.444. The number of nitrogens with zero attached hydrogens (tertiary/aromatic N) is 1. The monoisotopic (exact) mass is 248 g/mol. The fourth-order valence-corrected chi connectivity index (χ4v) is 1.55. The second kappa shape index (κ2) is 6.49. The summed E-state index contributed by atoms with van der Waals surface area (Å²) in [6, 6.07) is 0.749. The zero-order chi connectivity index (χ0) is 12.0. The highest BCUT2D eigenvalue weighted by molar-refractivity contribution is 7.98. The lowest BCUT2D eigenvalue weighted by Crippen LogP contribution is -2.14. The maximum Gasteiger partial charge on any atom is 0.178 e. The topological polar surface area (TPSA) is 63.0 Å². The van der Waals surface area contributed by atoms with Crippen molar-refractivity contribution in [2.24, 2.45) is 5.84 Å². The van der Waals surface area contributed by atoms with Crippen LogP contribution in [0.15, 0.2) is 6.07 Å². The zero-order valence-corrected chi connectivity index (χ0v) is 9.70. The minimum Gasteiger partial charge on any atom is -0.368 e. The molecule has 0 aliphatic rings. The number of pyridine rings is 1. The number of hydrogen-bond acceptors (Lipinski definition) is 5. The molecule has 0 radical (unpaired) electrons. The molecule has 7 heteroatoms. The van der Waals surface area contributed by atoms with Crippen molar-refractivity contribution in [1.82, 2.24) is 4.98 Å². The third-order valence-electron chi connectivity index (χ3n) is 1.88. The molecule has 1 heterocycles. The van der Waals surface area contributed by atoms with Gasteiger partial charge in [0.15, 0.2) is 23.3 Å². The van der Waals surface area contributed by atoms with E-state index >= 15 is 0 Å². The van der Waals surface area contributed by atoms with Crippen molar-refractivity contribution >= 4 is 23.4 Å². The third-order valence-corrected chi connectivity index (χ3v) is 2.58. The Balaban J connectivity index is 2.64. The summed E-state index contributed by atoms with van der Waals surface area (Å²) in [5.41, 5.74) is 2.07. The SMILES string of the molecule is CSCCCNc1nc(NN)c(F)cc1F. The molecule has 0 unspecified atom stereocenters. The normalized spacial score (nSPS) is 10.2. The van der Waals surface area contributed by atoms with Crippen molar-refractivity contribution in [3.05, 3.63) is 17.7 Å². The summed E-state index contributed by atoms with van der Waals surface area (Å²) >= 11 is 1.70. The first-order chi connectivity index (χ1) is 7.69. The number of nitrogens with two attached hydrogens (primary N) is 1. The molecule has 1 rings (SSSR count). The molecule has 0 aliphatic carbocycles. The van der Waals surface area contributed by atoms with Gasteiger partial charge >= 0.3 is 0 Å². The second-order valence-electron chi connectivity index (χ2n) is 3.07. The second-order valence-corrected chi connectivity index (χ2v) is 4.05. The van der Waals surface area contributed by atoms with Crippen molar-refractivity contribution in [3.63, 3.8) is 0 Å². The quantitative estimate of drug-likeness (QED) is 0.407. The van der Waals surface area contributed by atoms with Crippen LogP contribution in [0, 0.1) is 11.6 Å². The molecular formula is C9H14F2N4S. The largest absolute Gasteiger partial charge is 0.368 e. The predicted molar refractivity (Wildman–Crippen MR) is 63.5 cm³/mol. The van der Waals surface area contributed by atoms with Gasteiger partial charge in [-0.15, -0.1) is 0 Å². The molecule has 4 nitrogen and oxygen atoms in total. The molecule has 0 aromatic carbocycles. The summed E-state index contributed by atoms with van der Waals surface area (Å²) in [6.45, 7) is 0.584. The Bertz CT molecular complexity index is 349. The molecule has 0 fully saturated rings. The highest BCUT2D eigenvalue weighted by atomic mass is 32.2. The van der Waals surface area contributed by atoms with Gasteiger partial charge in [-0.3, -0.25) is 0 Å². The van der Waals surface area contributed by atoms with Gasteiger partial charge in [0, 0.05) is 12.6 Å². The number of anilines is 2. The number of aromatic nitrogens is 1. The van der Waals surface area contributed by atoms with Gasteiger partial charge in [0.05, 0.1) is 0 Å². The number of thioether (sulfide) groups is 1. The molecule has 0 saturated heterocycles. The summed E-state index contributed by atoms with van der Waals surface area (Å²) in [7, 11) is 0. The number of hydrazine groups is 1. The number of halogens is 2. The summed E-state index contributed by atoms with van der Waals surface area (Å²) in [5.74, 6) is 4.32. The van der Waals surface area contributed by atoms with Crippen LogP contribution in [0.5, 0.6) is 0 Å². The molecular weight excluding hydrogens is 234 g/mol. The van der Waals surface area contributed by atoms with E-state index in [1.54, 1.807) is 11.8 Å². The summed E-state index contributed by atoms with van der Waals surface area (Å²) in [4.78, 5) is 3.68. The van der Waals surface area contributed by atoms with E-state index in [1.807, 2.05) is 6.26 Å². The van der Waals surface area contributed by atoms with Crippen LogP contribution in [-0.4, -0.2) is 23.5 Å². The Kier molecular flexibility index (Phi) is 5.27. The van der Waals surface area contributed by atoms with Crippen LogP contribution in [-0.2, 0) is 0 Å². The number of rotatable bonds is 6. The van der Waals surface area contributed by atoms with Crippen LogP contribution >= 0.6 is 11.8 Å². The van der Waals surface area contributed by atoms with E-state index in [0.717, 1.165) is 18.2 Å². The Hall–Kier alpha value is -1.08. The molecule has 16 heavy (non-hydrogen) atoms. The van der Waals surface area contributed by atoms with Crippen molar-refractivity contribution in [1.29, 1.82) is 0 Å². The Labute approximate surface area is 97.0 Å². The standard InChI is InChI=1S/C9H14F2N4S/c1-16-4-2-3-13-8-6(10)5-7(11)9(14-8)15-12/h5H,2-4,12H2,1H3,(H2,13,14,15). The molecule has 0 saturated carbocycles. The highest BCUT2D eigenvalue weighted by Crippen LogP contribution is 2.18. The maximum absolute atomic E-state index is 13.2. The smallest absolute Gasteiger partial charge is 0.178 e. The van der Waals surface area contributed by atoms with E-state index in [9.17, 15) is 8.78 Å². The van der Waals surface area contributed by atoms with E-state index in [4.69, 9.17) is 5.84 Å². The lowest BCUT2D eigenvalue weighted by Gasteiger charge is -2.08. The molecule has 1 aromatic heterocycles. The van der Waals surface area contributed by atoms with Crippen LogP contribution < -0.4 is 16.6 Å². The minimum atomic E-state index is -0.810. The van der Waals surface area contributed by atoms with Crippen LogP contribution in [0.25, 0.3) is 0 Å². The highest BCUT2D eigenvalue weighted by Gasteiger charge is 2.10. The van der Waals surface area contributed by atoms with E-state index in [1.165, 1.54) is 0 Å². The first-order valence-corrected chi connectivity index (χ1v) is 6.14. The van der Waals surface area contributed by atoms with Gasteiger partial charge in [-0.25, -0.2) is 19.6 Å². The minimum absolute atomic E-state index is 0.00968. The van der Waals surface area contributed by atoms with Crippen LogP contribution in [0.4, 0.5) is 20.4 Å². The van der Waals surface area contributed by atoms with Gasteiger partial charge in [-0.05, 0) is 18.4 Å². The van der Waals surface area contributed by atoms with Gasteiger partial charge in [0.25, 0.3) is 0 Å². The Morgan fingerprint density at radius 1 is 1.38 bits per heavy atom. The molecule has 0 amide bonds. The molecule has 0 spiro atoms. The Morgan fingerprint density at radius 3 is 2.69 bits per heavy atom. The lowest BCUT2D eigenvalue weighted by atomic mass is 10.4. The van der Waals surface area contributed by atoms with Crippen molar-refractivity contribution in [2.45, 2.75) is 6.42 Å². The summed E-state index contributed by atoms with van der Waals surface area (Å²) in [6.07, 6.45) is 2.87. The van der Waals surface area contributed by atoms with Crippen LogP contribution in [0.1, 0.15) is 6.42 Å². The van der Waals surface area contributed by atoms with Gasteiger partial charge in [-0.1, -0.05) is 0 Å². The first-order valence-electron chi connectivity index (χ1n) is 4.74. The molecule has 0 bridgehead atoms. The van der Waals surface area contributed by atoms with Crippen LogP contribution in [0.3, 0.4) is 0 Å². The zero-order valence-electron chi connectivity index (χ0n) is 8.89. The summed E-state index contributed by atoms with van der Waals surface area (Å²) < 4.78 is 26.2. The predicted octanol–water partition coefficient (Wildman–Crippen LogP) is 1.81. The molecule has 0 atom stereocenters. The number of hydrogen-bond donors (Lipinski definition) is 3. The maximum atomic E-state index is 13.2. The molecule has 1 aromatic rings. The fourth-order valence-electron chi connectivity index (χ4n) is 1.12. The van der Waals surface area contributed by atoms with E-state index < -0.39 is 11.6 Å². The molecule has 4 N–H and O–H groups in total.